The molecule has 1 aliphatic heterocycles. The van der Waals surface area contributed by atoms with Crippen molar-refractivity contribution in [1.29, 1.82) is 0 Å². The van der Waals surface area contributed by atoms with Gasteiger partial charge in [0.05, 0.1) is 17.9 Å². The summed E-state index contributed by atoms with van der Waals surface area (Å²) in [7, 11) is 0. The van der Waals surface area contributed by atoms with Gasteiger partial charge in [-0.1, -0.05) is 34.1 Å². The van der Waals surface area contributed by atoms with Crippen molar-refractivity contribution in [3.05, 3.63) is 46.6 Å². The number of rotatable bonds is 4. The number of nitrogens with one attached hydrogen (secondary N) is 1. The zero-order valence-corrected chi connectivity index (χ0v) is 13.6. The van der Waals surface area contributed by atoms with E-state index in [9.17, 15) is 4.79 Å². The van der Waals surface area contributed by atoms with Crippen LogP contribution in [0.1, 0.15) is 12.1 Å². The van der Waals surface area contributed by atoms with E-state index in [1.54, 1.807) is 0 Å². The van der Waals surface area contributed by atoms with E-state index in [2.05, 4.69) is 37.1 Å². The monoisotopic (exact) mass is 360 g/mol. The summed E-state index contributed by atoms with van der Waals surface area (Å²) >= 11 is 3.43. The molecule has 2 aromatic rings. The van der Waals surface area contributed by atoms with Crippen LogP contribution < -0.4 is 5.73 Å². The van der Waals surface area contributed by atoms with Crippen molar-refractivity contribution < 1.29 is 4.79 Å². The Labute approximate surface area is 137 Å². The van der Waals surface area contributed by atoms with Crippen molar-refractivity contribution >= 4 is 27.4 Å². The molecular formula is C16H17BrN4O. The standard InChI is InChI=1S/C16H17BrN4O/c17-13-5-3-11(4-6-13)14-8-15(20-19-14)12-2-1-7-21(9-12)10-16(18)22/h2-6,8H,1,7,9-10H2,(H2,18,22)(H,19,20). The summed E-state index contributed by atoms with van der Waals surface area (Å²) in [5, 5.41) is 7.48. The van der Waals surface area contributed by atoms with E-state index in [1.807, 2.05) is 30.3 Å². The highest BCUT2D eigenvalue weighted by atomic mass is 79.9. The van der Waals surface area contributed by atoms with Crippen molar-refractivity contribution in [3.8, 4) is 11.3 Å². The predicted octanol–water partition coefficient (Wildman–Crippen LogP) is 2.41. The fourth-order valence-electron chi connectivity index (χ4n) is 2.61. The van der Waals surface area contributed by atoms with E-state index in [1.165, 1.54) is 0 Å². The molecule has 0 atom stereocenters. The third kappa shape index (κ3) is 3.45. The largest absolute Gasteiger partial charge is 0.369 e. The average Bonchev–Trinajstić information content (AvgIpc) is 2.97. The molecule has 22 heavy (non-hydrogen) atoms. The van der Waals surface area contributed by atoms with Crippen LogP contribution in [0, 0.1) is 0 Å². The second kappa shape index (κ2) is 6.46. The van der Waals surface area contributed by atoms with Crippen molar-refractivity contribution in [2.24, 2.45) is 5.73 Å². The molecule has 0 saturated heterocycles. The third-order valence-electron chi connectivity index (χ3n) is 3.67. The number of benzene rings is 1. The van der Waals surface area contributed by atoms with Gasteiger partial charge in [0, 0.05) is 23.1 Å². The van der Waals surface area contributed by atoms with Gasteiger partial charge in [-0.05, 0) is 30.2 Å². The lowest BCUT2D eigenvalue weighted by Crippen LogP contribution is -2.37. The Balaban J connectivity index is 1.77. The molecule has 3 N–H and O–H groups in total. The van der Waals surface area contributed by atoms with Gasteiger partial charge in [-0.25, -0.2) is 0 Å². The number of primary amides is 1. The highest BCUT2D eigenvalue weighted by Gasteiger charge is 2.17. The number of carbonyl (C=O) groups excluding carboxylic acids is 1. The van der Waals surface area contributed by atoms with Gasteiger partial charge < -0.3 is 5.73 Å². The summed E-state index contributed by atoms with van der Waals surface area (Å²) in [6, 6.07) is 10.1. The molecule has 0 unspecified atom stereocenters. The quantitative estimate of drug-likeness (QED) is 0.878. The average molecular weight is 361 g/mol. The van der Waals surface area contributed by atoms with E-state index < -0.39 is 0 Å². The van der Waals surface area contributed by atoms with Crippen molar-refractivity contribution in [2.75, 3.05) is 19.6 Å². The Morgan fingerprint density at radius 2 is 2.14 bits per heavy atom. The van der Waals surface area contributed by atoms with Crippen LogP contribution in [0.5, 0.6) is 0 Å². The summed E-state index contributed by atoms with van der Waals surface area (Å²) in [5.74, 6) is -0.290. The Morgan fingerprint density at radius 3 is 2.86 bits per heavy atom. The summed E-state index contributed by atoms with van der Waals surface area (Å²) in [4.78, 5) is 13.1. The van der Waals surface area contributed by atoms with Gasteiger partial charge >= 0.3 is 0 Å². The number of hydrogen-bond donors (Lipinski definition) is 2. The molecule has 0 radical (unpaired) electrons. The SMILES string of the molecule is NC(=O)CN1CCC=C(c2cc(-c3ccc(Br)cc3)n[nH]2)C1. The van der Waals surface area contributed by atoms with Gasteiger partial charge in [0.2, 0.25) is 5.91 Å². The van der Waals surface area contributed by atoms with Gasteiger partial charge in [-0.15, -0.1) is 0 Å². The maximum absolute atomic E-state index is 11.1. The predicted molar refractivity (Wildman–Crippen MR) is 90.0 cm³/mol. The molecule has 6 heteroatoms. The topological polar surface area (TPSA) is 75.0 Å². The number of halogens is 1. The van der Waals surface area contributed by atoms with Crippen LogP contribution in [-0.4, -0.2) is 40.6 Å². The van der Waals surface area contributed by atoms with Crippen molar-refractivity contribution in [2.45, 2.75) is 6.42 Å². The summed E-state index contributed by atoms with van der Waals surface area (Å²) in [6.07, 6.45) is 3.10. The maximum Gasteiger partial charge on any atom is 0.231 e. The Bertz CT molecular complexity index is 705. The summed E-state index contributed by atoms with van der Waals surface area (Å²) in [6.45, 7) is 1.87. The second-order valence-corrected chi connectivity index (χ2v) is 6.28. The van der Waals surface area contributed by atoms with E-state index in [-0.39, 0.29) is 5.91 Å². The van der Waals surface area contributed by atoms with Crippen LogP contribution in [0.4, 0.5) is 0 Å². The highest BCUT2D eigenvalue weighted by Crippen LogP contribution is 2.25. The van der Waals surface area contributed by atoms with Crippen LogP contribution in [0.25, 0.3) is 16.8 Å². The molecule has 2 heterocycles. The smallest absolute Gasteiger partial charge is 0.231 e. The highest BCUT2D eigenvalue weighted by molar-refractivity contribution is 9.10. The number of nitrogens with zero attached hydrogens (tertiary/aromatic N) is 2. The lowest BCUT2D eigenvalue weighted by molar-refractivity contribution is -0.119. The summed E-state index contributed by atoms with van der Waals surface area (Å²) in [5.41, 5.74) is 9.40. The molecule has 5 nitrogen and oxygen atoms in total. The number of H-pyrrole nitrogens is 1. The molecule has 0 aliphatic carbocycles. The van der Waals surface area contributed by atoms with Crippen LogP contribution in [0.2, 0.25) is 0 Å². The van der Waals surface area contributed by atoms with Crippen LogP contribution in [-0.2, 0) is 4.79 Å². The van der Waals surface area contributed by atoms with Gasteiger partial charge in [0.15, 0.2) is 0 Å². The van der Waals surface area contributed by atoms with E-state index in [0.29, 0.717) is 13.1 Å². The van der Waals surface area contributed by atoms with E-state index in [0.717, 1.165) is 40.0 Å². The maximum atomic E-state index is 11.1. The fourth-order valence-corrected chi connectivity index (χ4v) is 2.88. The molecular weight excluding hydrogens is 344 g/mol. The molecule has 114 valence electrons. The number of nitrogens with two attached hydrogens (primary N) is 1. The van der Waals surface area contributed by atoms with Gasteiger partial charge in [0.25, 0.3) is 0 Å². The molecule has 0 saturated carbocycles. The van der Waals surface area contributed by atoms with Crippen LogP contribution in [0.3, 0.4) is 0 Å². The van der Waals surface area contributed by atoms with Crippen molar-refractivity contribution in [3.63, 3.8) is 0 Å². The number of hydrogen-bond acceptors (Lipinski definition) is 3. The van der Waals surface area contributed by atoms with Crippen molar-refractivity contribution in [1.82, 2.24) is 15.1 Å². The second-order valence-electron chi connectivity index (χ2n) is 5.37. The first-order valence-corrected chi connectivity index (χ1v) is 7.92. The van der Waals surface area contributed by atoms with E-state index >= 15 is 0 Å². The molecule has 1 amide bonds. The Kier molecular flexibility index (Phi) is 4.40. The first-order chi connectivity index (χ1) is 10.6. The summed E-state index contributed by atoms with van der Waals surface area (Å²) < 4.78 is 1.05. The molecule has 1 aromatic heterocycles. The van der Waals surface area contributed by atoms with Gasteiger partial charge in [-0.2, -0.15) is 5.10 Å². The van der Waals surface area contributed by atoms with Gasteiger partial charge in [-0.3, -0.25) is 14.8 Å². The van der Waals surface area contributed by atoms with Gasteiger partial charge in [0.1, 0.15) is 0 Å². The molecule has 0 fully saturated rings. The third-order valence-corrected chi connectivity index (χ3v) is 4.20. The minimum absolute atomic E-state index is 0.290. The normalized spacial score (nSPS) is 15.6. The fraction of sp³-hybridized carbons (Fsp3) is 0.250. The minimum Gasteiger partial charge on any atom is -0.369 e. The lowest BCUT2D eigenvalue weighted by atomic mass is 10.1. The molecule has 1 aromatic carbocycles. The zero-order chi connectivity index (χ0) is 15.5. The number of carbonyl (C=O) groups is 1. The first kappa shape index (κ1) is 15.0. The molecule has 1 aliphatic rings. The Hall–Kier alpha value is -1.92. The van der Waals surface area contributed by atoms with Crippen LogP contribution in [0.15, 0.2) is 40.9 Å². The lowest BCUT2D eigenvalue weighted by Gasteiger charge is -2.25. The van der Waals surface area contributed by atoms with Crippen LogP contribution >= 0.6 is 15.9 Å². The zero-order valence-electron chi connectivity index (χ0n) is 12.1. The number of amides is 1. The molecule has 0 bridgehead atoms. The van der Waals surface area contributed by atoms with E-state index in [4.69, 9.17) is 5.73 Å². The number of aromatic amines is 1. The molecule has 3 rings (SSSR count). The Morgan fingerprint density at radius 1 is 1.36 bits per heavy atom. The first-order valence-electron chi connectivity index (χ1n) is 7.13. The number of aromatic nitrogens is 2. The minimum atomic E-state index is -0.290. The molecule has 0 spiro atoms.